The Morgan fingerprint density at radius 1 is 1.48 bits per heavy atom. The molecule has 2 aromatic heterocycles. The summed E-state index contributed by atoms with van der Waals surface area (Å²) in [7, 11) is 1.56. The van der Waals surface area contributed by atoms with E-state index in [4.69, 9.17) is 5.11 Å². The van der Waals surface area contributed by atoms with E-state index in [1.807, 2.05) is 35.9 Å². The van der Waals surface area contributed by atoms with Gasteiger partial charge in [0, 0.05) is 26.0 Å². The van der Waals surface area contributed by atoms with Crippen molar-refractivity contribution in [3.63, 3.8) is 0 Å². The van der Waals surface area contributed by atoms with Crippen LogP contribution < -0.4 is 5.32 Å². The van der Waals surface area contributed by atoms with Crippen LogP contribution in [0.3, 0.4) is 0 Å². The van der Waals surface area contributed by atoms with Crippen molar-refractivity contribution in [2.75, 3.05) is 13.6 Å². The number of rotatable bonds is 5. The van der Waals surface area contributed by atoms with Crippen molar-refractivity contribution >= 4 is 17.6 Å². The Balaban J connectivity index is 1.91. The van der Waals surface area contributed by atoms with Gasteiger partial charge in [-0.1, -0.05) is 0 Å². The van der Waals surface area contributed by atoms with Gasteiger partial charge < -0.3 is 19.7 Å². The molecule has 0 bridgehead atoms. The highest BCUT2D eigenvalue weighted by Crippen LogP contribution is 2.07. The summed E-state index contributed by atoms with van der Waals surface area (Å²) >= 11 is 0. The lowest BCUT2D eigenvalue weighted by Gasteiger charge is -2.16. The molecule has 0 saturated heterocycles. The van der Waals surface area contributed by atoms with Crippen molar-refractivity contribution in [3.8, 4) is 0 Å². The number of carboxylic acid groups (broad SMARTS) is 1. The third-order valence-corrected chi connectivity index (χ3v) is 3.09. The molecule has 0 aliphatic rings. The number of aromatic nitrogens is 2. The lowest BCUT2D eigenvalue weighted by Crippen LogP contribution is -2.38. The largest absolute Gasteiger partial charge is 0.481 e. The number of nitrogens with zero attached hydrogens (tertiary/aromatic N) is 3. The van der Waals surface area contributed by atoms with E-state index < -0.39 is 5.97 Å². The number of amides is 2. The highest BCUT2D eigenvalue weighted by Gasteiger charge is 2.10. The van der Waals surface area contributed by atoms with Crippen molar-refractivity contribution < 1.29 is 14.7 Å². The molecule has 0 saturated carbocycles. The molecular weight excluding hydrogens is 272 g/mol. The van der Waals surface area contributed by atoms with Crippen LogP contribution in [-0.2, 0) is 11.3 Å². The number of aliphatic carboxylic acids is 1. The molecule has 7 nitrogen and oxygen atoms in total. The molecule has 0 aliphatic heterocycles. The standard InChI is InChI=1S/C14H18N4O3/c1-10-3-6-18-9-11(16-12(18)7-10)8-15-14(21)17(2)5-4-13(19)20/h3,6-7,9H,4-5,8H2,1-2H3,(H,15,21)(H,19,20). The molecule has 0 fully saturated rings. The fourth-order valence-electron chi connectivity index (χ4n) is 1.89. The first-order valence-corrected chi connectivity index (χ1v) is 6.60. The Morgan fingerprint density at radius 3 is 2.95 bits per heavy atom. The van der Waals surface area contributed by atoms with Gasteiger partial charge in [0.25, 0.3) is 0 Å². The fourth-order valence-corrected chi connectivity index (χ4v) is 1.89. The van der Waals surface area contributed by atoms with Crippen LogP contribution in [0.15, 0.2) is 24.5 Å². The summed E-state index contributed by atoms with van der Waals surface area (Å²) in [4.78, 5) is 28.0. The predicted octanol–water partition coefficient (Wildman–Crippen LogP) is 1.26. The van der Waals surface area contributed by atoms with Crippen molar-refractivity contribution in [1.29, 1.82) is 0 Å². The van der Waals surface area contributed by atoms with Gasteiger partial charge in [-0.2, -0.15) is 0 Å². The molecule has 21 heavy (non-hydrogen) atoms. The number of urea groups is 1. The van der Waals surface area contributed by atoms with Gasteiger partial charge in [-0.25, -0.2) is 9.78 Å². The highest BCUT2D eigenvalue weighted by molar-refractivity contribution is 5.74. The molecule has 0 unspecified atom stereocenters. The first kappa shape index (κ1) is 14.8. The normalized spacial score (nSPS) is 10.6. The second-order valence-electron chi connectivity index (χ2n) is 4.93. The summed E-state index contributed by atoms with van der Waals surface area (Å²) in [5.74, 6) is -0.926. The summed E-state index contributed by atoms with van der Waals surface area (Å²) in [6.45, 7) is 2.47. The Labute approximate surface area is 122 Å². The van der Waals surface area contributed by atoms with E-state index in [-0.39, 0.29) is 19.0 Å². The SMILES string of the molecule is Cc1ccn2cc(CNC(=O)N(C)CCC(=O)O)nc2c1. The molecule has 0 spiro atoms. The number of hydrogen-bond donors (Lipinski definition) is 2. The van der Waals surface area contributed by atoms with E-state index >= 15 is 0 Å². The van der Waals surface area contributed by atoms with Crippen LogP contribution in [0.25, 0.3) is 5.65 Å². The molecule has 2 N–H and O–H groups in total. The van der Waals surface area contributed by atoms with E-state index in [0.29, 0.717) is 6.54 Å². The third kappa shape index (κ3) is 3.95. The number of carbonyl (C=O) groups excluding carboxylic acids is 1. The molecular formula is C14H18N4O3. The Morgan fingerprint density at radius 2 is 2.24 bits per heavy atom. The van der Waals surface area contributed by atoms with Crippen LogP contribution in [0.5, 0.6) is 0 Å². The highest BCUT2D eigenvalue weighted by atomic mass is 16.4. The van der Waals surface area contributed by atoms with Gasteiger partial charge in [-0.15, -0.1) is 0 Å². The van der Waals surface area contributed by atoms with Crippen LogP contribution >= 0.6 is 0 Å². The molecule has 0 aliphatic carbocycles. The van der Waals surface area contributed by atoms with Crippen LogP contribution in [-0.4, -0.2) is 45.0 Å². The quantitative estimate of drug-likeness (QED) is 0.868. The number of pyridine rings is 1. The lowest BCUT2D eigenvalue weighted by molar-refractivity contribution is -0.137. The first-order valence-electron chi connectivity index (χ1n) is 6.60. The van der Waals surface area contributed by atoms with Crippen LogP contribution in [0.1, 0.15) is 17.7 Å². The third-order valence-electron chi connectivity index (χ3n) is 3.09. The minimum absolute atomic E-state index is 0.0719. The first-order chi connectivity index (χ1) is 9.95. The molecule has 7 heteroatoms. The van der Waals surface area contributed by atoms with Gasteiger partial charge in [0.15, 0.2) is 0 Å². The van der Waals surface area contributed by atoms with Crippen LogP contribution in [0, 0.1) is 6.92 Å². The van der Waals surface area contributed by atoms with Gasteiger partial charge >= 0.3 is 12.0 Å². The monoisotopic (exact) mass is 290 g/mol. The molecule has 0 atom stereocenters. The van der Waals surface area contributed by atoms with E-state index in [1.54, 1.807) is 7.05 Å². The van der Waals surface area contributed by atoms with E-state index in [1.165, 1.54) is 4.90 Å². The molecule has 2 aromatic rings. The zero-order valence-electron chi connectivity index (χ0n) is 12.0. The average molecular weight is 290 g/mol. The second-order valence-corrected chi connectivity index (χ2v) is 4.93. The molecule has 2 amide bonds. The molecule has 2 heterocycles. The van der Waals surface area contributed by atoms with Crippen LogP contribution in [0.2, 0.25) is 0 Å². The smallest absolute Gasteiger partial charge is 0.317 e. The molecule has 0 aromatic carbocycles. The minimum Gasteiger partial charge on any atom is -0.481 e. The van der Waals surface area contributed by atoms with Gasteiger partial charge in [0.1, 0.15) is 5.65 Å². The fraction of sp³-hybridized carbons (Fsp3) is 0.357. The minimum atomic E-state index is -0.926. The predicted molar refractivity (Wildman–Crippen MR) is 77.0 cm³/mol. The Bertz CT molecular complexity index is 665. The number of carboxylic acids is 1. The summed E-state index contributed by atoms with van der Waals surface area (Å²) in [5.41, 5.74) is 2.70. The van der Waals surface area contributed by atoms with Gasteiger partial charge in [0.2, 0.25) is 0 Å². The van der Waals surface area contributed by atoms with Gasteiger partial charge in [-0.3, -0.25) is 4.79 Å². The topological polar surface area (TPSA) is 86.9 Å². The lowest BCUT2D eigenvalue weighted by atomic mass is 10.3. The summed E-state index contributed by atoms with van der Waals surface area (Å²) in [5, 5.41) is 11.3. The molecule has 112 valence electrons. The maximum absolute atomic E-state index is 11.8. The van der Waals surface area contributed by atoms with Crippen molar-refractivity contribution in [2.24, 2.45) is 0 Å². The van der Waals surface area contributed by atoms with Crippen molar-refractivity contribution in [2.45, 2.75) is 19.9 Å². The Hall–Kier alpha value is -2.57. The number of aryl methyl sites for hydroxylation is 1. The van der Waals surface area contributed by atoms with E-state index in [9.17, 15) is 9.59 Å². The average Bonchev–Trinajstić information content (AvgIpc) is 2.83. The van der Waals surface area contributed by atoms with E-state index in [0.717, 1.165) is 16.9 Å². The summed E-state index contributed by atoms with van der Waals surface area (Å²) in [6, 6.07) is 3.63. The Kier molecular flexibility index (Phi) is 4.42. The molecule has 2 rings (SSSR count). The van der Waals surface area contributed by atoms with Crippen molar-refractivity contribution in [3.05, 3.63) is 35.8 Å². The maximum Gasteiger partial charge on any atom is 0.317 e. The number of fused-ring (bicyclic) bond motifs is 1. The van der Waals surface area contributed by atoms with Gasteiger partial charge in [0.05, 0.1) is 18.7 Å². The van der Waals surface area contributed by atoms with E-state index in [2.05, 4.69) is 10.3 Å². The second kappa shape index (κ2) is 6.25. The zero-order chi connectivity index (χ0) is 15.4. The number of hydrogen-bond acceptors (Lipinski definition) is 3. The maximum atomic E-state index is 11.8. The van der Waals surface area contributed by atoms with Crippen LogP contribution in [0.4, 0.5) is 4.79 Å². The summed E-state index contributed by atoms with van der Waals surface area (Å²) < 4.78 is 1.89. The number of carbonyl (C=O) groups is 2. The number of nitrogens with one attached hydrogen (secondary N) is 1. The van der Waals surface area contributed by atoms with Crippen molar-refractivity contribution in [1.82, 2.24) is 19.6 Å². The van der Waals surface area contributed by atoms with Gasteiger partial charge in [-0.05, 0) is 24.6 Å². The molecule has 0 radical (unpaired) electrons. The summed E-state index contributed by atoms with van der Waals surface area (Å²) in [6.07, 6.45) is 3.70. The zero-order valence-corrected chi connectivity index (χ0v) is 12.0. The number of imidazole rings is 1.